The molecule has 22 heavy (non-hydrogen) atoms. The topological polar surface area (TPSA) is 59.2 Å². The normalized spacial score (nSPS) is 25.2. The third-order valence-electron chi connectivity index (χ3n) is 4.72. The van der Waals surface area contributed by atoms with Gasteiger partial charge in [0, 0.05) is 57.6 Å². The van der Waals surface area contributed by atoms with Gasteiger partial charge in [-0.05, 0) is 6.42 Å². The van der Waals surface area contributed by atoms with Crippen LogP contribution < -0.4 is 4.90 Å². The van der Waals surface area contributed by atoms with Crippen molar-refractivity contribution in [2.75, 3.05) is 11.4 Å². The molecule has 2 saturated heterocycles. The average molecular weight is 300 g/mol. The third-order valence-corrected chi connectivity index (χ3v) is 4.72. The van der Waals surface area contributed by atoms with Crippen LogP contribution >= 0.6 is 0 Å². The molecule has 7 nitrogen and oxygen atoms in total. The fourth-order valence-corrected chi connectivity index (χ4v) is 3.78. The zero-order chi connectivity index (χ0) is 15.3. The molecule has 0 aromatic carbocycles. The minimum absolute atomic E-state index is 0.207. The maximum Gasteiger partial charge on any atom is 0.229 e. The number of hydrogen-bond donors (Lipinski definition) is 0. The minimum atomic E-state index is 0.207. The highest BCUT2D eigenvalue weighted by atomic mass is 16.2. The van der Waals surface area contributed by atoms with Gasteiger partial charge in [0.05, 0.1) is 24.1 Å². The molecule has 2 aromatic heterocycles. The Hall–Kier alpha value is -2.15. The number of carbonyl (C=O) groups is 1. The fourth-order valence-electron chi connectivity index (χ4n) is 3.78. The molecular formula is C15H20N6O. The van der Waals surface area contributed by atoms with Crippen LogP contribution in [0, 0.1) is 0 Å². The summed E-state index contributed by atoms with van der Waals surface area (Å²) in [6, 6.07) is 0.571. The summed E-state index contributed by atoms with van der Waals surface area (Å²) in [5.41, 5.74) is 2.12. The predicted molar refractivity (Wildman–Crippen MR) is 81.1 cm³/mol. The van der Waals surface area contributed by atoms with Gasteiger partial charge in [-0.3, -0.25) is 19.1 Å². The summed E-state index contributed by atoms with van der Waals surface area (Å²) in [7, 11) is 3.81. The summed E-state index contributed by atoms with van der Waals surface area (Å²) in [6.45, 7) is 1.89. The van der Waals surface area contributed by atoms with Crippen LogP contribution in [0.2, 0.25) is 0 Å². The van der Waals surface area contributed by atoms with Crippen molar-refractivity contribution in [2.45, 2.75) is 31.5 Å². The number of amides is 1. The van der Waals surface area contributed by atoms with Crippen LogP contribution in [0.4, 0.5) is 5.69 Å². The molecule has 116 valence electrons. The second-order valence-corrected chi connectivity index (χ2v) is 6.26. The van der Waals surface area contributed by atoms with Crippen LogP contribution in [0.1, 0.15) is 18.4 Å². The number of hydrogen-bond acceptors (Lipinski definition) is 4. The second-order valence-electron chi connectivity index (χ2n) is 6.26. The van der Waals surface area contributed by atoms with Crippen molar-refractivity contribution in [1.29, 1.82) is 0 Å². The van der Waals surface area contributed by atoms with Gasteiger partial charge < -0.3 is 4.90 Å². The van der Waals surface area contributed by atoms with E-state index in [9.17, 15) is 4.79 Å². The standard InChI is InChI=1S/C15H20N6O/c1-18-8-11(6-16-18)9-20-4-3-13-14(20)5-15(22)21(13)12-7-17-19(2)10-12/h6-8,10,13-14H,3-5,9H2,1-2H3/t13-,14+/m0/s1. The van der Waals surface area contributed by atoms with Gasteiger partial charge in [0.1, 0.15) is 0 Å². The van der Waals surface area contributed by atoms with E-state index >= 15 is 0 Å². The van der Waals surface area contributed by atoms with Gasteiger partial charge in [-0.1, -0.05) is 0 Å². The van der Waals surface area contributed by atoms with E-state index in [2.05, 4.69) is 15.1 Å². The van der Waals surface area contributed by atoms with E-state index < -0.39 is 0 Å². The molecule has 2 aliphatic rings. The summed E-state index contributed by atoms with van der Waals surface area (Å²) in [5, 5.41) is 8.42. The molecule has 4 heterocycles. The van der Waals surface area contributed by atoms with Crippen molar-refractivity contribution in [3.63, 3.8) is 0 Å². The first-order valence-corrected chi connectivity index (χ1v) is 7.64. The number of rotatable bonds is 3. The van der Waals surface area contributed by atoms with Crippen LogP contribution in [-0.4, -0.2) is 49.0 Å². The maximum absolute atomic E-state index is 12.4. The van der Waals surface area contributed by atoms with E-state index in [4.69, 9.17) is 0 Å². The Kier molecular flexibility index (Phi) is 3.04. The van der Waals surface area contributed by atoms with Gasteiger partial charge in [-0.15, -0.1) is 0 Å². The number of likely N-dealkylation sites (tertiary alicyclic amines) is 1. The molecule has 0 bridgehead atoms. The molecule has 2 atom stereocenters. The number of aryl methyl sites for hydroxylation is 2. The van der Waals surface area contributed by atoms with Crippen molar-refractivity contribution >= 4 is 11.6 Å². The molecule has 7 heteroatoms. The zero-order valence-electron chi connectivity index (χ0n) is 12.9. The van der Waals surface area contributed by atoms with Gasteiger partial charge in [-0.25, -0.2) is 0 Å². The van der Waals surface area contributed by atoms with Crippen LogP contribution in [-0.2, 0) is 25.4 Å². The molecule has 0 radical (unpaired) electrons. The van der Waals surface area contributed by atoms with Crippen LogP contribution in [0.5, 0.6) is 0 Å². The smallest absolute Gasteiger partial charge is 0.229 e. The molecule has 1 amide bonds. The Morgan fingerprint density at radius 2 is 1.91 bits per heavy atom. The van der Waals surface area contributed by atoms with Crippen molar-refractivity contribution in [3.8, 4) is 0 Å². The van der Waals surface area contributed by atoms with E-state index in [1.165, 1.54) is 5.56 Å². The Balaban J connectivity index is 1.54. The minimum Gasteiger partial charge on any atom is -0.305 e. The predicted octanol–water partition coefficient (Wildman–Crippen LogP) is 0.533. The molecule has 0 N–H and O–H groups in total. The summed E-state index contributed by atoms with van der Waals surface area (Å²) in [6.07, 6.45) is 9.27. The van der Waals surface area contributed by atoms with Crippen LogP contribution in [0.15, 0.2) is 24.8 Å². The lowest BCUT2D eigenvalue weighted by molar-refractivity contribution is -0.117. The molecule has 0 spiro atoms. The number of anilines is 1. The molecular weight excluding hydrogens is 280 g/mol. The molecule has 2 fully saturated rings. The molecule has 2 aliphatic heterocycles. The molecule has 4 rings (SSSR count). The molecule has 2 aromatic rings. The van der Waals surface area contributed by atoms with Gasteiger partial charge in [-0.2, -0.15) is 10.2 Å². The van der Waals surface area contributed by atoms with Gasteiger partial charge in [0.15, 0.2) is 0 Å². The number of fused-ring (bicyclic) bond motifs is 1. The Morgan fingerprint density at radius 1 is 1.14 bits per heavy atom. The third kappa shape index (κ3) is 2.12. The fraction of sp³-hybridized carbons (Fsp3) is 0.533. The SMILES string of the molecule is Cn1cc(CN2CC[C@H]3[C@H]2CC(=O)N3c2cnn(C)c2)cn1. The van der Waals surface area contributed by atoms with Crippen molar-refractivity contribution in [3.05, 3.63) is 30.4 Å². The highest BCUT2D eigenvalue weighted by Gasteiger charge is 2.47. The second kappa shape index (κ2) is 4.95. The number of nitrogens with zero attached hydrogens (tertiary/aromatic N) is 6. The van der Waals surface area contributed by atoms with Gasteiger partial charge in [0.2, 0.25) is 5.91 Å². The molecule has 0 aliphatic carbocycles. The summed E-state index contributed by atoms with van der Waals surface area (Å²) < 4.78 is 3.57. The summed E-state index contributed by atoms with van der Waals surface area (Å²) in [5.74, 6) is 0.207. The van der Waals surface area contributed by atoms with Gasteiger partial charge in [0.25, 0.3) is 0 Å². The van der Waals surface area contributed by atoms with E-state index in [1.807, 2.05) is 42.3 Å². The number of carbonyl (C=O) groups excluding carboxylic acids is 1. The molecule has 0 unspecified atom stereocenters. The van der Waals surface area contributed by atoms with Crippen molar-refractivity contribution < 1.29 is 4.79 Å². The molecule has 0 saturated carbocycles. The van der Waals surface area contributed by atoms with Crippen LogP contribution in [0.3, 0.4) is 0 Å². The largest absolute Gasteiger partial charge is 0.305 e. The Bertz CT molecular complexity index is 704. The monoisotopic (exact) mass is 300 g/mol. The summed E-state index contributed by atoms with van der Waals surface area (Å²) in [4.78, 5) is 16.8. The average Bonchev–Trinajstić information content (AvgIpc) is 3.20. The Morgan fingerprint density at radius 3 is 2.59 bits per heavy atom. The first kappa shape index (κ1) is 13.5. The lowest BCUT2D eigenvalue weighted by Crippen LogP contribution is -2.37. The quantitative estimate of drug-likeness (QED) is 0.830. The van der Waals surface area contributed by atoms with E-state index in [-0.39, 0.29) is 11.9 Å². The lowest BCUT2D eigenvalue weighted by atomic mass is 10.1. The van der Waals surface area contributed by atoms with E-state index in [0.29, 0.717) is 12.5 Å². The van der Waals surface area contributed by atoms with Crippen molar-refractivity contribution in [2.24, 2.45) is 14.1 Å². The van der Waals surface area contributed by atoms with Crippen molar-refractivity contribution in [1.82, 2.24) is 24.5 Å². The highest BCUT2D eigenvalue weighted by Crippen LogP contribution is 2.36. The van der Waals surface area contributed by atoms with E-state index in [1.54, 1.807) is 10.9 Å². The number of aromatic nitrogens is 4. The first-order valence-electron chi connectivity index (χ1n) is 7.64. The first-order chi connectivity index (χ1) is 10.6. The van der Waals surface area contributed by atoms with E-state index in [0.717, 1.165) is 25.2 Å². The summed E-state index contributed by atoms with van der Waals surface area (Å²) >= 11 is 0. The lowest BCUT2D eigenvalue weighted by Gasteiger charge is -2.24. The van der Waals surface area contributed by atoms with Crippen LogP contribution in [0.25, 0.3) is 0 Å². The maximum atomic E-state index is 12.4. The van der Waals surface area contributed by atoms with Gasteiger partial charge >= 0.3 is 0 Å². The Labute approximate surface area is 129 Å². The zero-order valence-corrected chi connectivity index (χ0v) is 12.9. The highest BCUT2D eigenvalue weighted by molar-refractivity contribution is 5.97.